The number of hydrogen-bond donors (Lipinski definition) is 5. The highest BCUT2D eigenvalue weighted by atomic mass is 16.6. The average molecular weight is 1510 g/mol. The van der Waals surface area contributed by atoms with Gasteiger partial charge in [0.05, 0.1) is 323 Å². The molecule has 104 heavy (non-hydrogen) atoms. The van der Waals surface area contributed by atoms with E-state index in [1.165, 1.54) is 0 Å². The Morgan fingerprint density at radius 2 is 0.654 bits per heavy atom. The fraction of sp³-hybridized carbons (Fsp3) is 0.857. The Morgan fingerprint density at radius 3 is 0.904 bits per heavy atom. The number of hydrogen-bond acceptors (Lipinski definition) is 29. The molecule has 0 heterocycles. The first-order valence-electron chi connectivity index (χ1n) is 36.5. The van der Waals surface area contributed by atoms with Crippen LogP contribution in [0.1, 0.15) is 44.2 Å². The van der Waals surface area contributed by atoms with Gasteiger partial charge < -0.3 is 146 Å². The van der Waals surface area contributed by atoms with Crippen molar-refractivity contribution in [1.29, 1.82) is 0 Å². The zero-order chi connectivity index (χ0) is 75.3. The maximum Gasteiger partial charge on any atom is 0.312 e. The summed E-state index contributed by atoms with van der Waals surface area (Å²) < 4.78 is 132. The molecule has 0 saturated heterocycles. The number of ether oxygens (including phenoxy) is 24. The molecule has 5 amide bonds. The molecule has 34 nitrogen and oxygen atoms in total. The van der Waals surface area contributed by atoms with Crippen LogP contribution in [0.2, 0.25) is 0 Å². The lowest BCUT2D eigenvalue weighted by molar-refractivity contribution is -0.131. The Kier molecular flexibility index (Phi) is 72.6. The number of urea groups is 1. The molecule has 0 spiro atoms. The zero-order valence-electron chi connectivity index (χ0n) is 63.3. The predicted octanol–water partition coefficient (Wildman–Crippen LogP) is 1.23. The number of anilines is 1. The maximum atomic E-state index is 13.4. The molecule has 0 saturated carbocycles. The highest BCUT2D eigenvalue weighted by Gasteiger charge is 2.26. The van der Waals surface area contributed by atoms with Crippen molar-refractivity contribution in [3.63, 3.8) is 0 Å². The highest BCUT2D eigenvalue weighted by Crippen LogP contribution is 2.18. The maximum absolute atomic E-state index is 13.4. The minimum atomic E-state index is -0.905. The van der Waals surface area contributed by atoms with Gasteiger partial charge in [0.25, 0.3) is 0 Å². The van der Waals surface area contributed by atoms with Crippen molar-refractivity contribution < 1.29 is 133 Å². The Morgan fingerprint density at radius 1 is 0.394 bits per heavy atom. The number of nitrogens with one attached hydrogen (secondary N) is 3. The molecule has 610 valence electrons. The van der Waals surface area contributed by atoms with Crippen molar-refractivity contribution in [2.75, 3.05) is 337 Å². The monoisotopic (exact) mass is 1500 g/mol. The standard InChI is InChI=1S/C70H132N6O28/c1-61(2)67(71)69(79)75-65(7-6-11-73-70(72)80)68(78)74-64-9-8-62(3)63(59-64)60-76(4)66(77)10-12-82-15-16-84-19-20-86-23-24-88-27-28-90-31-32-92-35-36-94-39-40-96-43-44-98-47-48-100-51-52-102-55-56-104-58-57-103-54-53-101-50-49-99-46-45-97-42-41-95-38-37-93-34-33-91-30-29-89-26-25-87-22-21-85-18-17-83-14-13-81-5/h8-9,59,61,65,67H,6-7,10-58,60,71H2,1-5H3,(H,74,78)(H,75,79)(H3,72,73,80)/t65-,67-/m0/s1. The summed E-state index contributed by atoms with van der Waals surface area (Å²) in [6.07, 6.45) is 0.812. The number of benzene rings is 1. The number of carbonyl (C=O) groups excluding carboxylic acids is 4. The summed E-state index contributed by atoms with van der Waals surface area (Å²) in [6, 6.07) is 3.02. The zero-order valence-corrected chi connectivity index (χ0v) is 63.3. The number of amides is 5. The van der Waals surface area contributed by atoms with Crippen molar-refractivity contribution in [3.8, 4) is 0 Å². The molecule has 7 N–H and O–H groups in total. The Hall–Kier alpha value is -4.10. The second-order valence-corrected chi connectivity index (χ2v) is 23.0. The summed E-state index contributed by atoms with van der Waals surface area (Å²) in [7, 11) is 3.35. The number of rotatable bonds is 83. The first-order valence-corrected chi connectivity index (χ1v) is 36.5. The lowest BCUT2D eigenvalue weighted by Gasteiger charge is -2.23. The van der Waals surface area contributed by atoms with Crippen LogP contribution in [0.25, 0.3) is 0 Å². The van der Waals surface area contributed by atoms with E-state index in [0.717, 1.165) is 11.1 Å². The van der Waals surface area contributed by atoms with E-state index in [1.807, 2.05) is 26.8 Å². The van der Waals surface area contributed by atoms with Crippen molar-refractivity contribution in [2.45, 2.75) is 58.7 Å². The first kappa shape index (κ1) is 97.9. The lowest BCUT2D eigenvalue weighted by Crippen LogP contribution is -2.51. The van der Waals surface area contributed by atoms with Crippen LogP contribution in [-0.2, 0) is 135 Å². The van der Waals surface area contributed by atoms with Gasteiger partial charge in [-0.1, -0.05) is 19.9 Å². The van der Waals surface area contributed by atoms with Gasteiger partial charge in [-0.25, -0.2) is 4.79 Å². The minimum Gasteiger partial charge on any atom is -0.382 e. The van der Waals surface area contributed by atoms with Crippen LogP contribution < -0.4 is 27.4 Å². The number of nitrogens with zero attached hydrogens (tertiary/aromatic N) is 1. The summed E-state index contributed by atoms with van der Waals surface area (Å²) >= 11 is 0. The summed E-state index contributed by atoms with van der Waals surface area (Å²) in [5, 5.41) is 8.09. The van der Waals surface area contributed by atoms with E-state index >= 15 is 0 Å². The molecular formula is C70H132N6O28. The Balaban J connectivity index is 1.75. The van der Waals surface area contributed by atoms with Gasteiger partial charge >= 0.3 is 6.03 Å². The van der Waals surface area contributed by atoms with E-state index in [2.05, 4.69) is 16.0 Å². The van der Waals surface area contributed by atoms with Gasteiger partial charge in [0.1, 0.15) is 6.04 Å². The molecular weight excluding hydrogens is 1370 g/mol. The van der Waals surface area contributed by atoms with Crippen molar-refractivity contribution in [1.82, 2.24) is 15.5 Å². The van der Waals surface area contributed by atoms with Crippen molar-refractivity contribution >= 4 is 29.4 Å². The summed E-state index contributed by atoms with van der Waals surface area (Å²) in [5.74, 6) is -1.13. The van der Waals surface area contributed by atoms with Crippen molar-refractivity contribution in [2.24, 2.45) is 17.4 Å². The SMILES string of the molecule is COCCOCCOCCOCCOCCOCCOCCOCCOCCOCCOCCOCCOCCOCCOCCOCCOCCOCCOCCOCCOCCOCCOCCOCCC(=O)N(C)Cc1cc(NC(=O)[C@H](CCCNC(N)=O)NC(=O)[C@@H](N)C(C)C)ccc1C. The topological polar surface area (TPSA) is 381 Å². The molecule has 1 rings (SSSR count). The van der Waals surface area contributed by atoms with Crippen LogP contribution >= 0.6 is 0 Å². The van der Waals surface area contributed by atoms with E-state index in [-0.39, 0.29) is 37.8 Å². The number of aryl methyl sites for hydroxylation is 1. The first-order chi connectivity index (χ1) is 51.0. The van der Waals surface area contributed by atoms with Crippen LogP contribution in [0.4, 0.5) is 10.5 Å². The molecule has 34 heteroatoms. The molecule has 1 aromatic carbocycles. The molecule has 0 aliphatic heterocycles. The van der Waals surface area contributed by atoms with Crippen LogP contribution in [0.15, 0.2) is 18.2 Å². The molecule has 0 bridgehead atoms. The fourth-order valence-electron chi connectivity index (χ4n) is 8.28. The molecule has 2 atom stereocenters. The normalized spacial score (nSPS) is 12.2. The van der Waals surface area contributed by atoms with Crippen LogP contribution in [0.5, 0.6) is 0 Å². The predicted molar refractivity (Wildman–Crippen MR) is 383 cm³/mol. The minimum absolute atomic E-state index is 0.108. The van der Waals surface area contributed by atoms with Crippen LogP contribution in [0, 0.1) is 12.8 Å². The van der Waals surface area contributed by atoms with Crippen LogP contribution in [-0.4, -0.2) is 372 Å². The third-order valence-corrected chi connectivity index (χ3v) is 14.1. The highest BCUT2D eigenvalue weighted by molar-refractivity contribution is 5.98. The van der Waals surface area contributed by atoms with E-state index in [0.29, 0.717) is 323 Å². The van der Waals surface area contributed by atoms with Gasteiger partial charge in [0.2, 0.25) is 17.7 Å². The molecule has 0 fully saturated rings. The quantitative estimate of drug-likeness (QED) is 0.0573. The van der Waals surface area contributed by atoms with E-state index in [1.54, 1.807) is 31.2 Å². The third-order valence-electron chi connectivity index (χ3n) is 14.1. The third kappa shape index (κ3) is 67.3. The van der Waals surface area contributed by atoms with Gasteiger partial charge in [-0.15, -0.1) is 0 Å². The summed E-state index contributed by atoms with van der Waals surface area (Å²) in [5.41, 5.74) is 13.4. The second-order valence-electron chi connectivity index (χ2n) is 23.0. The van der Waals surface area contributed by atoms with Crippen LogP contribution in [0.3, 0.4) is 0 Å². The van der Waals surface area contributed by atoms with Gasteiger partial charge in [0, 0.05) is 32.9 Å². The molecule has 0 aliphatic rings. The van der Waals surface area contributed by atoms with Crippen molar-refractivity contribution in [3.05, 3.63) is 29.3 Å². The van der Waals surface area contributed by atoms with Gasteiger partial charge in [-0.2, -0.15) is 0 Å². The number of primary amides is 1. The molecule has 0 aromatic heterocycles. The lowest BCUT2D eigenvalue weighted by atomic mass is 10.0. The molecule has 0 radical (unpaired) electrons. The Bertz CT molecular complexity index is 2070. The Labute approximate surface area is 617 Å². The van der Waals surface area contributed by atoms with Gasteiger partial charge in [-0.3, -0.25) is 14.4 Å². The average Bonchev–Trinajstić information content (AvgIpc) is 0.850. The number of methoxy groups -OCH3 is 1. The van der Waals surface area contributed by atoms with E-state index in [4.69, 9.17) is 125 Å². The number of carbonyl (C=O) groups is 4. The van der Waals surface area contributed by atoms with E-state index in [9.17, 15) is 19.2 Å². The smallest absolute Gasteiger partial charge is 0.312 e. The summed E-state index contributed by atoms with van der Waals surface area (Å²) in [4.78, 5) is 51.7. The molecule has 1 aromatic rings. The number of nitrogens with two attached hydrogens (primary N) is 2. The van der Waals surface area contributed by atoms with Gasteiger partial charge in [-0.05, 0) is 48.9 Å². The fourth-order valence-corrected chi connectivity index (χ4v) is 8.28. The molecule has 0 unspecified atom stereocenters. The molecule has 0 aliphatic carbocycles. The second kappa shape index (κ2) is 77.1. The summed E-state index contributed by atoms with van der Waals surface area (Å²) in [6.45, 7) is 28.0. The van der Waals surface area contributed by atoms with Gasteiger partial charge in [0.15, 0.2) is 0 Å². The largest absolute Gasteiger partial charge is 0.382 e. The van der Waals surface area contributed by atoms with E-state index < -0.39 is 29.9 Å².